The molecule has 2 aromatic rings. The van der Waals surface area contributed by atoms with Gasteiger partial charge in [-0.05, 0) is 6.92 Å². The van der Waals surface area contributed by atoms with Crippen LogP contribution in [0.3, 0.4) is 0 Å². The summed E-state index contributed by atoms with van der Waals surface area (Å²) in [7, 11) is 0. The van der Waals surface area contributed by atoms with Crippen LogP contribution >= 0.6 is 0 Å². The van der Waals surface area contributed by atoms with Crippen LogP contribution in [0.2, 0.25) is 0 Å². The summed E-state index contributed by atoms with van der Waals surface area (Å²) in [5, 5.41) is 19.1. The maximum absolute atomic E-state index is 9.91. The van der Waals surface area contributed by atoms with E-state index in [0.29, 0.717) is 17.0 Å². The zero-order chi connectivity index (χ0) is 14.4. The van der Waals surface area contributed by atoms with Crippen molar-refractivity contribution in [1.82, 2.24) is 19.5 Å². The monoisotopic (exact) mass is 280 g/mol. The van der Waals surface area contributed by atoms with Crippen LogP contribution < -0.4 is 11.5 Å². The molecule has 3 rings (SSSR count). The highest BCUT2D eigenvalue weighted by Crippen LogP contribution is 2.30. The van der Waals surface area contributed by atoms with Crippen molar-refractivity contribution >= 4 is 17.0 Å². The van der Waals surface area contributed by atoms with Gasteiger partial charge < -0.3 is 26.4 Å². The summed E-state index contributed by atoms with van der Waals surface area (Å²) in [6.45, 7) is 1.40. The number of rotatable bonds is 2. The topological polar surface area (TPSA) is 145 Å². The van der Waals surface area contributed by atoms with Gasteiger partial charge in [0.2, 0.25) is 0 Å². The number of hydrogen-bond donors (Lipinski definition) is 4. The Labute approximate surface area is 114 Å². The lowest BCUT2D eigenvalue weighted by molar-refractivity contribution is -0.0437. The largest absolute Gasteiger partial charge is 0.394 e. The van der Waals surface area contributed by atoms with Crippen LogP contribution in [0.1, 0.15) is 12.1 Å². The van der Waals surface area contributed by atoms with Gasteiger partial charge in [0.25, 0.3) is 0 Å². The predicted octanol–water partition coefficient (Wildman–Crippen LogP) is -1.71. The van der Waals surface area contributed by atoms with Crippen LogP contribution in [0.4, 0.5) is 5.82 Å². The molecular weight excluding hydrogens is 264 g/mol. The van der Waals surface area contributed by atoms with Crippen molar-refractivity contribution in [2.75, 3.05) is 12.3 Å². The number of anilines is 1. The van der Waals surface area contributed by atoms with Gasteiger partial charge in [0.15, 0.2) is 17.7 Å². The van der Waals surface area contributed by atoms with Crippen molar-refractivity contribution in [2.45, 2.75) is 31.4 Å². The Balaban J connectivity index is 2.07. The van der Waals surface area contributed by atoms with Gasteiger partial charge in [-0.3, -0.25) is 4.57 Å². The molecule has 0 aliphatic carbocycles. The fourth-order valence-corrected chi connectivity index (χ4v) is 2.41. The number of aliphatic hydroxyl groups excluding tert-OH is 2. The Morgan fingerprint density at radius 2 is 2.20 bits per heavy atom. The summed E-state index contributed by atoms with van der Waals surface area (Å²) in [4.78, 5) is 12.5. The standard InChI is InChI=1S/C11H16N6O3/c1-4-15-9(13)7-10(16-4)17(3-14-7)11-6(12)8(19)5(2-18)20-11/h3,5-6,8,11,18-19H,2,12H2,1H3,(H2,13,15,16)/t5-,6+,8-,11-/m1/s1. The van der Waals surface area contributed by atoms with E-state index in [1.807, 2.05) is 0 Å². The molecular formula is C11H16N6O3. The summed E-state index contributed by atoms with van der Waals surface area (Å²) in [6.07, 6.45) is -0.858. The smallest absolute Gasteiger partial charge is 0.167 e. The third kappa shape index (κ3) is 1.83. The molecule has 0 amide bonds. The minimum absolute atomic E-state index is 0.275. The van der Waals surface area contributed by atoms with Gasteiger partial charge >= 0.3 is 0 Å². The fourth-order valence-electron chi connectivity index (χ4n) is 2.41. The summed E-state index contributed by atoms with van der Waals surface area (Å²) in [5.74, 6) is 0.777. The average Bonchev–Trinajstić information content (AvgIpc) is 2.93. The van der Waals surface area contributed by atoms with Crippen molar-refractivity contribution < 1.29 is 14.9 Å². The number of hydrogen-bond acceptors (Lipinski definition) is 8. The van der Waals surface area contributed by atoms with E-state index in [4.69, 9.17) is 21.3 Å². The van der Waals surface area contributed by atoms with E-state index in [1.165, 1.54) is 6.33 Å². The Kier molecular flexibility index (Phi) is 3.05. The van der Waals surface area contributed by atoms with Gasteiger partial charge in [0.1, 0.15) is 23.5 Å². The number of aliphatic hydroxyl groups is 2. The summed E-state index contributed by atoms with van der Waals surface area (Å²) < 4.78 is 7.17. The lowest BCUT2D eigenvalue weighted by atomic mass is 10.1. The minimum Gasteiger partial charge on any atom is -0.394 e. The number of nitrogen functional groups attached to an aromatic ring is 1. The van der Waals surface area contributed by atoms with E-state index in [1.54, 1.807) is 11.5 Å². The number of aromatic nitrogens is 4. The fraction of sp³-hybridized carbons (Fsp3) is 0.545. The van der Waals surface area contributed by atoms with E-state index in [0.717, 1.165) is 0 Å². The third-order valence-electron chi connectivity index (χ3n) is 3.43. The quantitative estimate of drug-likeness (QED) is 0.509. The third-order valence-corrected chi connectivity index (χ3v) is 3.43. The number of nitrogens with zero attached hydrogens (tertiary/aromatic N) is 4. The van der Waals surface area contributed by atoms with Crippen LogP contribution in [-0.2, 0) is 4.74 Å². The van der Waals surface area contributed by atoms with Crippen LogP contribution in [0, 0.1) is 6.92 Å². The van der Waals surface area contributed by atoms with E-state index < -0.39 is 24.5 Å². The molecule has 1 fully saturated rings. The average molecular weight is 280 g/mol. The second-order valence-electron chi connectivity index (χ2n) is 4.80. The molecule has 6 N–H and O–H groups in total. The summed E-state index contributed by atoms with van der Waals surface area (Å²) in [6, 6.07) is -0.693. The first-order valence-electron chi connectivity index (χ1n) is 6.19. The lowest BCUT2D eigenvalue weighted by Gasteiger charge is -2.17. The molecule has 9 nitrogen and oxygen atoms in total. The van der Waals surface area contributed by atoms with Gasteiger partial charge in [-0.1, -0.05) is 0 Å². The SMILES string of the molecule is Cc1nc(N)c2ncn([C@@H]3O[C@H](CO)[C@@H](O)[C@@H]3N)c2n1. The van der Waals surface area contributed by atoms with Crippen LogP contribution in [0.5, 0.6) is 0 Å². The molecule has 1 saturated heterocycles. The molecule has 0 bridgehead atoms. The molecule has 108 valence electrons. The molecule has 1 aliphatic heterocycles. The predicted molar refractivity (Wildman–Crippen MR) is 69.5 cm³/mol. The molecule has 9 heteroatoms. The molecule has 20 heavy (non-hydrogen) atoms. The molecule has 0 aromatic carbocycles. The molecule has 2 aromatic heterocycles. The number of aryl methyl sites for hydroxylation is 1. The van der Waals surface area contributed by atoms with Crippen LogP contribution in [0.15, 0.2) is 6.33 Å². The molecule has 0 saturated carbocycles. The maximum atomic E-state index is 9.91. The molecule has 0 radical (unpaired) electrons. The number of imidazole rings is 1. The van der Waals surface area contributed by atoms with Crippen LogP contribution in [-0.4, -0.2) is 54.6 Å². The molecule has 4 atom stereocenters. The first kappa shape index (κ1) is 13.2. The Hall–Kier alpha value is -1.81. The Bertz CT molecular complexity index is 644. The van der Waals surface area contributed by atoms with E-state index in [2.05, 4.69) is 15.0 Å². The van der Waals surface area contributed by atoms with Gasteiger partial charge in [0, 0.05) is 0 Å². The zero-order valence-corrected chi connectivity index (χ0v) is 10.8. The number of ether oxygens (including phenoxy) is 1. The molecule has 1 aliphatic rings. The molecule has 0 unspecified atom stereocenters. The minimum atomic E-state index is -0.956. The van der Waals surface area contributed by atoms with Gasteiger partial charge in [0.05, 0.1) is 19.0 Å². The summed E-state index contributed by atoms with van der Waals surface area (Å²) >= 11 is 0. The summed E-state index contributed by atoms with van der Waals surface area (Å²) in [5.41, 5.74) is 12.7. The second kappa shape index (κ2) is 4.63. The highest BCUT2D eigenvalue weighted by atomic mass is 16.5. The number of fused-ring (bicyclic) bond motifs is 1. The van der Waals surface area contributed by atoms with Crippen molar-refractivity contribution in [3.05, 3.63) is 12.2 Å². The lowest BCUT2D eigenvalue weighted by Crippen LogP contribution is -2.39. The van der Waals surface area contributed by atoms with Crippen molar-refractivity contribution in [3.8, 4) is 0 Å². The number of nitrogens with two attached hydrogens (primary N) is 2. The van der Waals surface area contributed by atoms with Gasteiger partial charge in [-0.2, -0.15) is 0 Å². The van der Waals surface area contributed by atoms with Gasteiger partial charge in [-0.25, -0.2) is 15.0 Å². The molecule has 3 heterocycles. The highest BCUT2D eigenvalue weighted by molar-refractivity contribution is 5.81. The van der Waals surface area contributed by atoms with E-state index in [9.17, 15) is 5.11 Å². The Morgan fingerprint density at radius 3 is 2.85 bits per heavy atom. The van der Waals surface area contributed by atoms with Crippen LogP contribution in [0.25, 0.3) is 11.2 Å². The van der Waals surface area contributed by atoms with E-state index in [-0.39, 0.29) is 12.4 Å². The normalized spacial score (nSPS) is 30.2. The zero-order valence-electron chi connectivity index (χ0n) is 10.8. The van der Waals surface area contributed by atoms with Crippen molar-refractivity contribution in [3.63, 3.8) is 0 Å². The first-order valence-corrected chi connectivity index (χ1v) is 6.19. The van der Waals surface area contributed by atoms with E-state index >= 15 is 0 Å². The molecule has 0 spiro atoms. The maximum Gasteiger partial charge on any atom is 0.167 e. The van der Waals surface area contributed by atoms with Gasteiger partial charge in [-0.15, -0.1) is 0 Å². The highest BCUT2D eigenvalue weighted by Gasteiger charge is 2.42. The second-order valence-corrected chi connectivity index (χ2v) is 4.80. The Morgan fingerprint density at radius 1 is 1.45 bits per heavy atom. The first-order chi connectivity index (χ1) is 9.52. The van der Waals surface area contributed by atoms with Crippen molar-refractivity contribution in [1.29, 1.82) is 0 Å². The van der Waals surface area contributed by atoms with Crippen molar-refractivity contribution in [2.24, 2.45) is 5.73 Å².